The van der Waals surface area contributed by atoms with Gasteiger partial charge in [-0.1, -0.05) is 22.9 Å². The zero-order valence-corrected chi connectivity index (χ0v) is 13.1. The van der Waals surface area contributed by atoms with Gasteiger partial charge >= 0.3 is 0 Å². The molecule has 0 bridgehead atoms. The van der Waals surface area contributed by atoms with Gasteiger partial charge in [-0.15, -0.1) is 29.9 Å². The summed E-state index contributed by atoms with van der Waals surface area (Å²) in [5.74, 6) is 0.561. The minimum atomic E-state index is 0. The number of nitrogens with zero attached hydrogens (tertiary/aromatic N) is 3. The molecule has 0 saturated carbocycles. The highest BCUT2D eigenvalue weighted by Crippen LogP contribution is 2.23. The average molecular weight is 315 g/mol. The highest BCUT2D eigenvalue weighted by Gasteiger charge is 2.18. The summed E-state index contributed by atoms with van der Waals surface area (Å²) in [7, 11) is 0. The predicted molar refractivity (Wildman–Crippen MR) is 85.4 cm³/mol. The van der Waals surface area contributed by atoms with Gasteiger partial charge in [-0.3, -0.25) is 0 Å². The second-order valence-electron chi connectivity index (χ2n) is 4.95. The Balaban J connectivity index is 0.000001000. The zero-order chi connectivity index (χ0) is 12.4. The minimum absolute atomic E-state index is 0. The second-order valence-corrected chi connectivity index (χ2v) is 4.95. The van der Waals surface area contributed by atoms with Gasteiger partial charge in [0.05, 0.1) is 17.6 Å². The lowest BCUT2D eigenvalue weighted by atomic mass is 9.95. The molecule has 0 unspecified atom stereocenters. The molecule has 4 nitrogen and oxygen atoms in total. The lowest BCUT2D eigenvalue weighted by molar-refractivity contribution is 0.453. The molecule has 0 spiro atoms. The number of aromatic nitrogens is 3. The van der Waals surface area contributed by atoms with Gasteiger partial charge in [-0.2, -0.15) is 0 Å². The van der Waals surface area contributed by atoms with E-state index in [0.717, 1.165) is 37.3 Å². The molecule has 1 aliphatic rings. The van der Waals surface area contributed by atoms with Crippen molar-refractivity contribution in [1.29, 1.82) is 0 Å². The van der Waals surface area contributed by atoms with Crippen LogP contribution in [0.3, 0.4) is 0 Å². The van der Waals surface area contributed by atoms with E-state index in [1.165, 1.54) is 5.56 Å². The quantitative estimate of drug-likeness (QED) is 0.927. The Labute approximate surface area is 131 Å². The third-order valence-electron chi connectivity index (χ3n) is 3.57. The van der Waals surface area contributed by atoms with Gasteiger partial charge < -0.3 is 5.32 Å². The fraction of sp³-hybridized carbons (Fsp3) is 0.429. The number of hydrogen-bond donors (Lipinski definition) is 1. The zero-order valence-electron chi connectivity index (χ0n) is 11.5. The van der Waals surface area contributed by atoms with Crippen molar-refractivity contribution in [3.8, 4) is 5.69 Å². The average Bonchev–Trinajstić information content (AvgIpc) is 2.90. The maximum absolute atomic E-state index is 4.32. The summed E-state index contributed by atoms with van der Waals surface area (Å²) < 4.78 is 1.87. The van der Waals surface area contributed by atoms with Crippen LogP contribution in [0.5, 0.6) is 0 Å². The van der Waals surface area contributed by atoms with Crippen LogP contribution in [-0.2, 0) is 0 Å². The Bertz CT molecular complexity index is 518. The van der Waals surface area contributed by atoms with Crippen molar-refractivity contribution in [3.05, 3.63) is 41.7 Å². The summed E-state index contributed by atoms with van der Waals surface area (Å²) in [6, 6.07) is 8.36. The number of aryl methyl sites for hydroxylation is 1. The van der Waals surface area contributed by atoms with Crippen molar-refractivity contribution < 1.29 is 0 Å². The van der Waals surface area contributed by atoms with Crippen LogP contribution in [0.2, 0.25) is 0 Å². The molecular formula is C14H20Cl2N4. The Hall–Kier alpha value is -1.10. The fourth-order valence-corrected chi connectivity index (χ4v) is 2.41. The molecular weight excluding hydrogens is 295 g/mol. The van der Waals surface area contributed by atoms with Crippen molar-refractivity contribution in [1.82, 2.24) is 20.3 Å². The Kier molecular flexibility index (Phi) is 6.46. The lowest BCUT2D eigenvalue weighted by Gasteiger charge is -2.19. The van der Waals surface area contributed by atoms with Gasteiger partial charge in [-0.05, 0) is 45.0 Å². The van der Waals surface area contributed by atoms with Crippen molar-refractivity contribution in [2.45, 2.75) is 25.7 Å². The SMILES string of the molecule is Cc1ccc(-n2cc(C3CCNCC3)nn2)cc1.Cl.Cl. The number of hydrogen-bond acceptors (Lipinski definition) is 3. The molecule has 3 rings (SSSR count). The second kappa shape index (κ2) is 7.62. The first-order valence-corrected chi connectivity index (χ1v) is 6.53. The first-order chi connectivity index (χ1) is 8.83. The number of nitrogens with one attached hydrogen (secondary N) is 1. The molecule has 1 N–H and O–H groups in total. The molecule has 6 heteroatoms. The van der Waals surface area contributed by atoms with Gasteiger partial charge in [0.25, 0.3) is 0 Å². The summed E-state index contributed by atoms with van der Waals surface area (Å²) in [5.41, 5.74) is 3.46. The predicted octanol–water partition coefficient (Wildman–Crippen LogP) is 2.89. The van der Waals surface area contributed by atoms with Gasteiger partial charge in [0.1, 0.15) is 0 Å². The van der Waals surface area contributed by atoms with Crippen molar-refractivity contribution in [2.24, 2.45) is 0 Å². The molecule has 1 aromatic carbocycles. The molecule has 0 radical (unpaired) electrons. The van der Waals surface area contributed by atoms with Crippen LogP contribution in [0.25, 0.3) is 5.69 Å². The van der Waals surface area contributed by atoms with Crippen molar-refractivity contribution in [2.75, 3.05) is 13.1 Å². The third-order valence-corrected chi connectivity index (χ3v) is 3.57. The number of benzene rings is 1. The number of halogens is 2. The maximum Gasteiger partial charge on any atom is 0.0863 e. The molecule has 110 valence electrons. The molecule has 20 heavy (non-hydrogen) atoms. The fourth-order valence-electron chi connectivity index (χ4n) is 2.41. The molecule has 0 aliphatic carbocycles. The van der Waals surface area contributed by atoms with Crippen LogP contribution in [-0.4, -0.2) is 28.1 Å². The molecule has 1 aliphatic heterocycles. The summed E-state index contributed by atoms with van der Waals surface area (Å²) in [6.07, 6.45) is 4.39. The van der Waals surface area contributed by atoms with E-state index in [1.807, 2.05) is 4.68 Å². The van der Waals surface area contributed by atoms with E-state index >= 15 is 0 Å². The largest absolute Gasteiger partial charge is 0.317 e. The summed E-state index contributed by atoms with van der Waals surface area (Å²) in [4.78, 5) is 0. The van der Waals surface area contributed by atoms with E-state index in [1.54, 1.807) is 0 Å². The molecule has 2 heterocycles. The molecule has 1 fully saturated rings. The molecule has 1 saturated heterocycles. The Morgan fingerprint density at radius 1 is 1.10 bits per heavy atom. The van der Waals surface area contributed by atoms with Crippen LogP contribution in [0.4, 0.5) is 0 Å². The van der Waals surface area contributed by atoms with E-state index < -0.39 is 0 Å². The van der Waals surface area contributed by atoms with Gasteiger partial charge in [0, 0.05) is 5.92 Å². The molecule has 0 amide bonds. The summed E-state index contributed by atoms with van der Waals surface area (Å²) in [6.45, 7) is 4.26. The smallest absolute Gasteiger partial charge is 0.0863 e. The van der Waals surface area contributed by atoms with E-state index in [2.05, 4.69) is 53.0 Å². The highest BCUT2D eigenvalue weighted by atomic mass is 35.5. The van der Waals surface area contributed by atoms with Crippen molar-refractivity contribution in [3.63, 3.8) is 0 Å². The maximum atomic E-state index is 4.32. The first-order valence-electron chi connectivity index (χ1n) is 6.53. The van der Waals surface area contributed by atoms with E-state index in [-0.39, 0.29) is 24.8 Å². The molecule has 0 atom stereocenters. The minimum Gasteiger partial charge on any atom is -0.317 e. The Morgan fingerprint density at radius 2 is 1.75 bits per heavy atom. The van der Waals surface area contributed by atoms with E-state index in [0.29, 0.717) is 5.92 Å². The standard InChI is InChI=1S/C14H18N4.2ClH/c1-11-2-4-13(5-3-11)18-10-14(16-17-18)12-6-8-15-9-7-12;;/h2-5,10,12,15H,6-9H2,1H3;2*1H. The monoisotopic (exact) mass is 314 g/mol. The lowest BCUT2D eigenvalue weighted by Crippen LogP contribution is -2.26. The normalized spacial score (nSPS) is 15.2. The van der Waals surface area contributed by atoms with Gasteiger partial charge in [-0.25, -0.2) is 4.68 Å². The van der Waals surface area contributed by atoms with Crippen molar-refractivity contribution >= 4 is 24.8 Å². The van der Waals surface area contributed by atoms with Crippen LogP contribution >= 0.6 is 24.8 Å². The summed E-state index contributed by atoms with van der Waals surface area (Å²) >= 11 is 0. The van der Waals surface area contributed by atoms with Gasteiger partial charge in [0.2, 0.25) is 0 Å². The van der Waals surface area contributed by atoms with Crippen LogP contribution < -0.4 is 5.32 Å². The number of piperidine rings is 1. The van der Waals surface area contributed by atoms with E-state index in [9.17, 15) is 0 Å². The third kappa shape index (κ3) is 3.72. The van der Waals surface area contributed by atoms with Gasteiger partial charge in [0.15, 0.2) is 0 Å². The first kappa shape index (κ1) is 17.0. The summed E-state index contributed by atoms with van der Waals surface area (Å²) in [5, 5.41) is 11.9. The molecule has 1 aromatic heterocycles. The number of rotatable bonds is 2. The van der Waals surface area contributed by atoms with Crippen LogP contribution in [0.15, 0.2) is 30.5 Å². The highest BCUT2D eigenvalue weighted by molar-refractivity contribution is 5.85. The van der Waals surface area contributed by atoms with E-state index in [4.69, 9.17) is 0 Å². The van der Waals surface area contributed by atoms with Crippen LogP contribution in [0, 0.1) is 6.92 Å². The topological polar surface area (TPSA) is 42.7 Å². The Morgan fingerprint density at radius 3 is 2.40 bits per heavy atom. The van der Waals surface area contributed by atoms with Crippen LogP contribution in [0.1, 0.15) is 30.0 Å². The molecule has 2 aromatic rings.